The molecule has 0 radical (unpaired) electrons. The fraction of sp³-hybridized carbons (Fsp3) is 0.136. The van der Waals surface area contributed by atoms with Crippen LogP contribution in [0.3, 0.4) is 0 Å². The summed E-state index contributed by atoms with van der Waals surface area (Å²) in [4.78, 5) is 16.2. The molecule has 8 heterocycles. The van der Waals surface area contributed by atoms with Gasteiger partial charge in [0.1, 0.15) is 17.5 Å². The normalized spacial score (nSPS) is 10.2. The maximum Gasteiger partial charge on any atom is 0.160 e. The van der Waals surface area contributed by atoms with Gasteiger partial charge in [0.05, 0.1) is 37.8 Å². The molecule has 4 N–H and O–H groups in total. The van der Waals surface area contributed by atoms with Gasteiger partial charge in [0.2, 0.25) is 0 Å². The molecule has 0 atom stereocenters. The van der Waals surface area contributed by atoms with Crippen molar-refractivity contribution in [1.82, 2.24) is 60.7 Å². The second-order valence-corrected chi connectivity index (χ2v) is 24.3. The molecule has 8 aromatic heterocycles. The molecule has 22 heteroatoms. The van der Waals surface area contributed by atoms with Crippen LogP contribution in [0.25, 0.3) is 43.1 Å². The second-order valence-electron chi connectivity index (χ2n) is 23.0. The highest BCUT2D eigenvalue weighted by molar-refractivity contribution is 6.31. The third-order valence-electron chi connectivity index (χ3n) is 16.1. The fourth-order valence-corrected chi connectivity index (χ4v) is 11.6. The van der Waals surface area contributed by atoms with Gasteiger partial charge in [-0.3, -0.25) is 19.9 Å². The standard InChI is InChI=1S/3C20H14ClFN4.C20H16N4.4C2H6/c3*21-17-12-14(5-6-18(17)22)24-20-16-4-2-1-3-15(16)19(25-26-20)11-13-7-9-23-10-8-13;1-2-6-16(7-3-1)22-20-18-9-5-4-8-17(18)19(23-24-20)14-15-10-12-21-13-11-15;4*1-2/h3*1-10,12H,11H2,(H,24,26);1-13H,14H2,(H,22,24);4*1-2H3. The van der Waals surface area contributed by atoms with E-state index in [1.807, 2.05) is 219 Å². The Kier molecular flexibility index (Phi) is 31.8. The van der Waals surface area contributed by atoms with Crippen LogP contribution in [0.2, 0.25) is 15.1 Å². The summed E-state index contributed by atoms with van der Waals surface area (Å²) in [5, 5.41) is 56.2. The molecule has 0 spiro atoms. The van der Waals surface area contributed by atoms with Gasteiger partial charge < -0.3 is 21.3 Å². The number of pyridine rings is 4. The third kappa shape index (κ3) is 22.6. The van der Waals surface area contributed by atoms with Gasteiger partial charge >= 0.3 is 0 Å². The van der Waals surface area contributed by atoms with Gasteiger partial charge in [-0.05, 0) is 138 Å². The minimum absolute atomic E-state index is 0.0570. The number of rotatable bonds is 16. The van der Waals surface area contributed by atoms with E-state index in [-0.39, 0.29) is 15.1 Å². The summed E-state index contributed by atoms with van der Waals surface area (Å²) in [6.07, 6.45) is 16.9. The molecule has 0 aliphatic carbocycles. The van der Waals surface area contributed by atoms with Crippen LogP contribution in [-0.2, 0) is 25.7 Å². The molecule has 0 amide bonds. The van der Waals surface area contributed by atoms with Crippen LogP contribution in [-0.4, -0.2) is 60.7 Å². The molecule has 8 aromatic carbocycles. The van der Waals surface area contributed by atoms with Crippen molar-refractivity contribution in [3.05, 3.63) is 358 Å². The molecule has 0 fully saturated rings. The number of nitrogens with one attached hydrogen (secondary N) is 4. The zero-order valence-electron chi connectivity index (χ0n) is 62.0. The molecule has 556 valence electrons. The van der Waals surface area contributed by atoms with Gasteiger partial charge in [0.25, 0.3) is 0 Å². The van der Waals surface area contributed by atoms with E-state index < -0.39 is 17.5 Å². The van der Waals surface area contributed by atoms with E-state index in [0.29, 0.717) is 53.8 Å². The molecular weight excluding hydrogens is 1440 g/mol. The lowest BCUT2D eigenvalue weighted by atomic mass is 10.0. The van der Waals surface area contributed by atoms with Crippen LogP contribution < -0.4 is 21.3 Å². The molecule has 0 bridgehead atoms. The van der Waals surface area contributed by atoms with Gasteiger partial charge in [-0.25, -0.2) is 13.2 Å². The molecule has 0 aliphatic rings. The van der Waals surface area contributed by atoms with E-state index in [9.17, 15) is 13.2 Å². The van der Waals surface area contributed by atoms with Gasteiger partial charge in [-0.15, -0.1) is 20.4 Å². The van der Waals surface area contributed by atoms with Crippen LogP contribution in [0.1, 0.15) is 100 Å². The monoisotopic (exact) mass is 1520 g/mol. The first-order valence-corrected chi connectivity index (χ1v) is 37.2. The number of anilines is 8. The molecule has 16 nitrogen and oxygen atoms in total. The summed E-state index contributed by atoms with van der Waals surface area (Å²) in [6.45, 7) is 16.0. The van der Waals surface area contributed by atoms with Crippen molar-refractivity contribution in [2.24, 2.45) is 0 Å². The number of aromatic nitrogens is 12. The number of fused-ring (bicyclic) bond motifs is 4. The number of hydrogen-bond donors (Lipinski definition) is 4. The summed E-state index contributed by atoms with van der Waals surface area (Å²) in [5.41, 5.74) is 11.1. The predicted octanol–water partition coefficient (Wildman–Crippen LogP) is 23.9. The van der Waals surface area contributed by atoms with Crippen molar-refractivity contribution in [3.63, 3.8) is 0 Å². The maximum absolute atomic E-state index is 13.4. The Bertz CT molecular complexity index is 5040. The fourth-order valence-electron chi connectivity index (χ4n) is 11.1. The first kappa shape index (κ1) is 81.7. The van der Waals surface area contributed by atoms with Crippen molar-refractivity contribution < 1.29 is 13.2 Å². The van der Waals surface area contributed by atoms with E-state index in [4.69, 9.17) is 34.8 Å². The summed E-state index contributed by atoms with van der Waals surface area (Å²) in [7, 11) is 0. The average molecular weight is 1530 g/mol. The van der Waals surface area contributed by atoms with Crippen LogP contribution >= 0.6 is 34.8 Å². The van der Waals surface area contributed by atoms with Gasteiger partial charge in [0.15, 0.2) is 23.3 Å². The topological polar surface area (TPSA) is 203 Å². The molecule has 110 heavy (non-hydrogen) atoms. The Hall–Kier alpha value is -12.4. The second kappa shape index (κ2) is 42.8. The molecule has 0 saturated heterocycles. The van der Waals surface area contributed by atoms with E-state index >= 15 is 0 Å². The molecule has 16 aromatic rings. The number of benzene rings is 8. The Morgan fingerprint density at radius 1 is 0.236 bits per heavy atom. The third-order valence-corrected chi connectivity index (χ3v) is 17.0. The van der Waals surface area contributed by atoms with Gasteiger partial charge in [-0.2, -0.15) is 20.4 Å². The summed E-state index contributed by atoms with van der Waals surface area (Å²) in [5.74, 6) is 1.20. The predicted molar refractivity (Wildman–Crippen MR) is 446 cm³/mol. The number of halogens is 6. The van der Waals surface area contributed by atoms with Crippen LogP contribution in [0.5, 0.6) is 0 Å². The van der Waals surface area contributed by atoms with Crippen molar-refractivity contribution in [1.29, 1.82) is 0 Å². The highest BCUT2D eigenvalue weighted by Crippen LogP contribution is 2.34. The van der Waals surface area contributed by atoms with Crippen LogP contribution in [0, 0.1) is 17.5 Å². The summed E-state index contributed by atoms with van der Waals surface area (Å²) < 4.78 is 40.1. The van der Waals surface area contributed by atoms with Gasteiger partial charge in [0, 0.05) is 141 Å². The zero-order valence-corrected chi connectivity index (χ0v) is 64.3. The average Bonchev–Trinajstić information content (AvgIpc) is 0.806. The largest absolute Gasteiger partial charge is 0.338 e. The van der Waals surface area contributed by atoms with Crippen LogP contribution in [0.4, 0.5) is 59.2 Å². The summed E-state index contributed by atoms with van der Waals surface area (Å²) >= 11 is 17.6. The Labute approximate surface area is 653 Å². The number of hydrogen-bond acceptors (Lipinski definition) is 16. The minimum Gasteiger partial charge on any atom is -0.338 e. The highest BCUT2D eigenvalue weighted by Gasteiger charge is 2.16. The van der Waals surface area contributed by atoms with Crippen molar-refractivity contribution in [2.45, 2.75) is 81.1 Å². The van der Waals surface area contributed by atoms with Crippen molar-refractivity contribution >= 4 is 124 Å². The van der Waals surface area contributed by atoms with Crippen molar-refractivity contribution in [2.75, 3.05) is 21.3 Å². The molecule has 16 rings (SSSR count). The first-order valence-electron chi connectivity index (χ1n) is 36.0. The lowest BCUT2D eigenvalue weighted by Crippen LogP contribution is -2.02. The quantitative estimate of drug-likeness (QED) is 0.0711. The van der Waals surface area contributed by atoms with E-state index in [1.54, 1.807) is 67.8 Å². The number of para-hydroxylation sites is 1. The zero-order chi connectivity index (χ0) is 78.0. The molecular formula is C88H82Cl3F3N16. The van der Waals surface area contributed by atoms with Gasteiger partial charge in [-0.1, -0.05) is 205 Å². The lowest BCUT2D eigenvalue weighted by molar-refractivity contribution is 0.628. The van der Waals surface area contributed by atoms with E-state index in [2.05, 4.69) is 94.1 Å². The lowest BCUT2D eigenvalue weighted by Gasteiger charge is -2.11. The highest BCUT2D eigenvalue weighted by atomic mass is 35.5. The molecule has 0 unspecified atom stereocenters. The number of nitrogens with zero attached hydrogens (tertiary/aromatic N) is 12. The summed E-state index contributed by atoms with van der Waals surface area (Å²) in [6, 6.07) is 71.1. The first-order chi connectivity index (χ1) is 54.0. The Morgan fingerprint density at radius 2 is 0.445 bits per heavy atom. The Balaban J connectivity index is 0.000000164. The Morgan fingerprint density at radius 3 is 0.673 bits per heavy atom. The molecule has 0 aliphatic heterocycles. The SMILES string of the molecule is CC.CC.CC.CC.Fc1ccc(Nc2nnc(Cc3ccncc3)c3ccccc23)cc1Cl.Fc1ccc(Nc2nnc(Cc3ccncc3)c3ccccc23)cc1Cl.Fc1ccc(Nc2nnc(Cc3ccncc3)c3ccccc23)cc1Cl.c1ccc(Nc2nnc(Cc3ccncc3)c3ccccc23)cc1. The minimum atomic E-state index is -0.458. The molecule has 0 saturated carbocycles. The van der Waals surface area contributed by atoms with E-state index in [1.165, 1.54) is 42.0 Å². The van der Waals surface area contributed by atoms with Crippen LogP contribution in [0.15, 0.2) is 280 Å². The van der Waals surface area contributed by atoms with Crippen molar-refractivity contribution in [3.8, 4) is 0 Å². The van der Waals surface area contributed by atoms with E-state index in [0.717, 1.165) is 100 Å². The maximum atomic E-state index is 13.4. The smallest absolute Gasteiger partial charge is 0.160 e.